The van der Waals surface area contributed by atoms with Gasteiger partial charge >= 0.3 is 11.9 Å². The molecular formula is C44H51ClN4O7. The molecule has 0 amide bonds. The third kappa shape index (κ3) is 9.98. The van der Waals surface area contributed by atoms with Gasteiger partial charge in [0.15, 0.2) is 0 Å². The standard InChI is InChI=1S/C44H51ClN4O7/c1-30-10-3-4-12-36(30)37-13-7-15-44(31(37)2,56-19-9-17-48-16-8-11-34(26-48)42(50)51)29-55-41-22-40(54-28-33-20-32(23-46)24-47-25-33)35(21-38(41)45)27-49-18-6-5-14-39(49)43(52)53/h3-4,7,10,12-13,15,20-22,24-25,31,34,39H,5-6,8-9,11,14,16-19,26-29H2,1-2H3,(H,50,51)(H,52,53)/t31?,34-,39-,44?/m0/s1. The lowest BCUT2D eigenvalue weighted by molar-refractivity contribution is -0.145. The van der Waals surface area contributed by atoms with Crippen molar-refractivity contribution in [2.75, 3.05) is 39.4 Å². The summed E-state index contributed by atoms with van der Waals surface area (Å²) < 4.78 is 19.9. The Morgan fingerprint density at radius 1 is 1.04 bits per heavy atom. The zero-order valence-corrected chi connectivity index (χ0v) is 32.9. The molecular weight excluding hydrogens is 732 g/mol. The predicted octanol–water partition coefficient (Wildman–Crippen LogP) is 7.54. The number of ether oxygens (including phenoxy) is 3. The molecule has 3 aliphatic rings. The molecule has 2 unspecified atom stereocenters. The van der Waals surface area contributed by atoms with Crippen LogP contribution in [0.2, 0.25) is 5.02 Å². The van der Waals surface area contributed by atoms with Crippen LogP contribution in [0.15, 0.2) is 73.1 Å². The van der Waals surface area contributed by atoms with Crippen molar-refractivity contribution in [3.8, 4) is 17.6 Å². The van der Waals surface area contributed by atoms with Crippen LogP contribution in [0.25, 0.3) is 5.57 Å². The number of hydrogen-bond acceptors (Lipinski definition) is 9. The summed E-state index contributed by atoms with van der Waals surface area (Å²) >= 11 is 6.99. The van der Waals surface area contributed by atoms with Gasteiger partial charge in [-0.05, 0) is 87.0 Å². The van der Waals surface area contributed by atoms with Crippen LogP contribution in [-0.4, -0.2) is 88.0 Å². The molecule has 56 heavy (non-hydrogen) atoms. The highest BCUT2D eigenvalue weighted by molar-refractivity contribution is 6.32. The number of carboxylic acid groups (broad SMARTS) is 2. The number of nitrogens with zero attached hydrogens (tertiary/aromatic N) is 4. The summed E-state index contributed by atoms with van der Waals surface area (Å²) in [4.78, 5) is 32.2. The zero-order valence-electron chi connectivity index (χ0n) is 32.2. The highest BCUT2D eigenvalue weighted by atomic mass is 35.5. The number of likely N-dealkylation sites (tertiary alicyclic amines) is 2. The SMILES string of the molecule is Cc1ccccc1C1=CC=CC(COc2cc(OCc3cncc(C#N)c3)c(CN3CCCC[C@H]3C(=O)O)cc2Cl)(OCCCN2CCC[C@H](C(=O)O)C2)C1C. The molecule has 12 heteroatoms. The summed E-state index contributed by atoms with van der Waals surface area (Å²) in [5, 5.41) is 29.3. The van der Waals surface area contributed by atoms with Crippen molar-refractivity contribution >= 4 is 29.1 Å². The minimum atomic E-state index is -0.868. The first-order chi connectivity index (χ1) is 27.1. The molecule has 2 aromatic carbocycles. The molecule has 4 atom stereocenters. The Morgan fingerprint density at radius 3 is 2.66 bits per heavy atom. The number of benzene rings is 2. The molecule has 6 rings (SSSR count). The molecule has 0 saturated carbocycles. The second kappa shape index (κ2) is 18.9. The van der Waals surface area contributed by atoms with Crippen molar-refractivity contribution in [3.63, 3.8) is 0 Å². The topological polar surface area (TPSA) is 145 Å². The van der Waals surface area contributed by atoms with E-state index in [1.807, 2.05) is 23.1 Å². The molecule has 2 saturated heterocycles. The summed E-state index contributed by atoms with van der Waals surface area (Å²) in [6, 6.07) is 15.1. The number of nitriles is 1. The molecule has 2 N–H and O–H groups in total. The molecule has 296 valence electrons. The van der Waals surface area contributed by atoms with Crippen LogP contribution in [0.5, 0.6) is 11.5 Å². The smallest absolute Gasteiger partial charge is 0.320 e. The molecule has 0 bridgehead atoms. The number of carboxylic acids is 2. The monoisotopic (exact) mass is 782 g/mol. The molecule has 2 aliphatic heterocycles. The van der Waals surface area contributed by atoms with Crippen LogP contribution >= 0.6 is 11.6 Å². The van der Waals surface area contributed by atoms with E-state index in [9.17, 15) is 25.1 Å². The van der Waals surface area contributed by atoms with Crippen LogP contribution in [-0.2, 0) is 27.5 Å². The van der Waals surface area contributed by atoms with Crippen molar-refractivity contribution in [2.24, 2.45) is 11.8 Å². The average Bonchev–Trinajstić information content (AvgIpc) is 3.20. The number of halogens is 1. The number of aliphatic carboxylic acids is 2. The first-order valence-corrected chi connectivity index (χ1v) is 19.9. The number of hydrogen-bond donors (Lipinski definition) is 2. The van der Waals surface area contributed by atoms with Gasteiger partial charge in [-0.1, -0.05) is 61.4 Å². The van der Waals surface area contributed by atoms with Gasteiger partial charge in [-0.15, -0.1) is 0 Å². The average molecular weight is 783 g/mol. The molecule has 3 heterocycles. The number of rotatable bonds is 16. The highest BCUT2D eigenvalue weighted by Crippen LogP contribution is 2.42. The first-order valence-electron chi connectivity index (χ1n) is 19.5. The van der Waals surface area contributed by atoms with Crippen molar-refractivity contribution in [2.45, 2.75) is 77.2 Å². The van der Waals surface area contributed by atoms with Crippen LogP contribution in [0, 0.1) is 30.1 Å². The van der Waals surface area contributed by atoms with E-state index in [1.165, 1.54) is 6.20 Å². The maximum Gasteiger partial charge on any atom is 0.320 e. The normalized spacial score (nSPS) is 22.9. The lowest BCUT2D eigenvalue weighted by Crippen LogP contribution is -2.46. The Kier molecular flexibility index (Phi) is 13.8. The number of carbonyl (C=O) groups is 2. The number of aromatic nitrogens is 1. The molecule has 0 spiro atoms. The van der Waals surface area contributed by atoms with E-state index in [4.69, 9.17) is 25.8 Å². The Bertz CT molecular complexity index is 1980. The van der Waals surface area contributed by atoms with Crippen molar-refractivity contribution < 1.29 is 34.0 Å². The van der Waals surface area contributed by atoms with Gasteiger partial charge in [-0.25, -0.2) is 0 Å². The molecule has 0 radical (unpaired) electrons. The lowest BCUT2D eigenvalue weighted by atomic mass is 9.76. The Labute approximate surface area is 334 Å². The third-order valence-electron chi connectivity index (χ3n) is 11.3. The second-order valence-electron chi connectivity index (χ2n) is 15.1. The van der Waals surface area contributed by atoms with E-state index < -0.39 is 23.6 Å². The van der Waals surface area contributed by atoms with Gasteiger partial charge in [0.1, 0.15) is 42.4 Å². The Balaban J connectivity index is 1.25. The quantitative estimate of drug-likeness (QED) is 0.139. The minimum Gasteiger partial charge on any atom is -0.489 e. The number of pyridine rings is 1. The minimum absolute atomic E-state index is 0.110. The molecule has 11 nitrogen and oxygen atoms in total. The Hall–Kier alpha value is -4.73. The van der Waals surface area contributed by atoms with Crippen molar-refractivity contribution in [1.29, 1.82) is 5.26 Å². The van der Waals surface area contributed by atoms with Crippen LogP contribution in [0.3, 0.4) is 0 Å². The summed E-state index contributed by atoms with van der Waals surface area (Å²) in [6.45, 7) is 8.07. The fourth-order valence-corrected chi connectivity index (χ4v) is 8.33. The van der Waals surface area contributed by atoms with E-state index >= 15 is 0 Å². The number of piperidine rings is 2. The summed E-state index contributed by atoms with van der Waals surface area (Å²) in [7, 11) is 0. The largest absolute Gasteiger partial charge is 0.489 e. The fourth-order valence-electron chi connectivity index (χ4n) is 8.09. The summed E-state index contributed by atoms with van der Waals surface area (Å²) in [5.74, 6) is -1.15. The summed E-state index contributed by atoms with van der Waals surface area (Å²) in [5.41, 5.74) is 4.41. The second-order valence-corrected chi connectivity index (χ2v) is 15.5. The molecule has 1 aromatic heterocycles. The highest BCUT2D eigenvalue weighted by Gasteiger charge is 2.41. The third-order valence-corrected chi connectivity index (χ3v) is 11.6. The lowest BCUT2D eigenvalue weighted by Gasteiger charge is -2.40. The predicted molar refractivity (Wildman–Crippen MR) is 213 cm³/mol. The molecule has 3 aromatic rings. The number of aryl methyl sites for hydroxylation is 1. The van der Waals surface area contributed by atoms with Crippen molar-refractivity contribution in [3.05, 3.63) is 106 Å². The first kappa shape index (κ1) is 40.9. The van der Waals surface area contributed by atoms with E-state index in [1.54, 1.807) is 24.4 Å². The maximum absolute atomic E-state index is 12.2. The van der Waals surface area contributed by atoms with Gasteiger partial charge in [-0.2, -0.15) is 5.26 Å². The fraction of sp³-hybridized carbons (Fsp3) is 0.455. The van der Waals surface area contributed by atoms with Gasteiger partial charge in [-0.3, -0.25) is 19.5 Å². The number of allylic oxidation sites excluding steroid dienone is 2. The van der Waals surface area contributed by atoms with E-state index in [0.717, 1.165) is 61.0 Å². The maximum atomic E-state index is 12.2. The van der Waals surface area contributed by atoms with E-state index in [2.05, 4.69) is 54.1 Å². The molecule has 2 fully saturated rings. The zero-order chi connectivity index (χ0) is 39.7. The van der Waals surface area contributed by atoms with Crippen LogP contribution in [0.1, 0.15) is 73.3 Å². The Morgan fingerprint density at radius 2 is 1.88 bits per heavy atom. The molecule has 1 aliphatic carbocycles. The van der Waals surface area contributed by atoms with Gasteiger partial charge < -0.3 is 29.3 Å². The van der Waals surface area contributed by atoms with Crippen molar-refractivity contribution in [1.82, 2.24) is 14.8 Å². The van der Waals surface area contributed by atoms with Gasteiger partial charge in [0, 0.05) is 61.7 Å². The van der Waals surface area contributed by atoms with Crippen LogP contribution < -0.4 is 9.47 Å². The van der Waals surface area contributed by atoms with Crippen LogP contribution in [0.4, 0.5) is 0 Å². The van der Waals surface area contributed by atoms with Gasteiger partial charge in [0.25, 0.3) is 0 Å². The van der Waals surface area contributed by atoms with E-state index in [-0.39, 0.29) is 25.0 Å². The summed E-state index contributed by atoms with van der Waals surface area (Å²) in [6.07, 6.45) is 14.0. The van der Waals surface area contributed by atoms with E-state index in [0.29, 0.717) is 66.7 Å². The van der Waals surface area contributed by atoms with Gasteiger partial charge in [0.2, 0.25) is 0 Å². The van der Waals surface area contributed by atoms with Gasteiger partial charge in [0.05, 0.1) is 16.5 Å².